The fourth-order valence-corrected chi connectivity index (χ4v) is 4.34. The summed E-state index contributed by atoms with van der Waals surface area (Å²) in [5.41, 5.74) is 2.19. The molecule has 1 N–H and O–H groups in total. The van der Waals surface area contributed by atoms with Gasteiger partial charge in [-0.1, -0.05) is 22.4 Å². The van der Waals surface area contributed by atoms with Crippen molar-refractivity contribution in [3.8, 4) is 0 Å². The number of fused-ring (bicyclic) bond motifs is 1. The van der Waals surface area contributed by atoms with Crippen LogP contribution in [0.1, 0.15) is 19.3 Å². The summed E-state index contributed by atoms with van der Waals surface area (Å²) >= 11 is 5.44. The first-order valence-electron chi connectivity index (χ1n) is 5.66. The molecule has 3 rings (SSSR count). The summed E-state index contributed by atoms with van der Waals surface area (Å²) in [4.78, 5) is 15.7. The van der Waals surface area contributed by atoms with E-state index in [0.29, 0.717) is 5.41 Å². The molecule has 0 saturated heterocycles. The van der Waals surface area contributed by atoms with Crippen molar-refractivity contribution in [1.29, 1.82) is 0 Å². The fraction of sp³-hybridized carbons (Fsp3) is 0.545. The van der Waals surface area contributed by atoms with E-state index in [0.717, 1.165) is 27.3 Å². The highest BCUT2D eigenvalue weighted by Crippen LogP contribution is 2.46. The summed E-state index contributed by atoms with van der Waals surface area (Å²) in [6.07, 6.45) is 7.26. The van der Waals surface area contributed by atoms with Crippen molar-refractivity contribution in [2.75, 3.05) is 11.1 Å². The molecule has 6 heteroatoms. The maximum atomic E-state index is 4.34. The first-order valence-corrected chi connectivity index (χ1v) is 7.77. The van der Waals surface area contributed by atoms with Crippen LogP contribution in [0.2, 0.25) is 0 Å². The number of rotatable bonds is 4. The average Bonchev–Trinajstić information content (AvgIpc) is 2.77. The molecule has 1 aliphatic rings. The van der Waals surface area contributed by atoms with Gasteiger partial charge in [-0.15, -0.1) is 11.8 Å². The van der Waals surface area contributed by atoms with E-state index >= 15 is 0 Å². The Morgan fingerprint density at radius 2 is 2.24 bits per heavy atom. The van der Waals surface area contributed by atoms with E-state index in [4.69, 9.17) is 0 Å². The van der Waals surface area contributed by atoms with Crippen molar-refractivity contribution >= 4 is 38.9 Å². The molecule has 90 valence electrons. The van der Waals surface area contributed by atoms with Crippen LogP contribution >= 0.6 is 27.7 Å². The summed E-state index contributed by atoms with van der Waals surface area (Å²) in [5, 5.41) is 2.10. The molecule has 0 aromatic carbocycles. The second kappa shape index (κ2) is 4.57. The monoisotopic (exact) mass is 312 g/mol. The maximum Gasteiger partial charge on any atom is 0.181 e. The number of H-pyrrole nitrogens is 1. The van der Waals surface area contributed by atoms with Gasteiger partial charge in [0, 0.05) is 11.1 Å². The van der Waals surface area contributed by atoms with Crippen LogP contribution in [0.4, 0.5) is 0 Å². The molecular formula is C11H13BrN4S. The van der Waals surface area contributed by atoms with Crippen molar-refractivity contribution in [2.45, 2.75) is 24.3 Å². The van der Waals surface area contributed by atoms with Gasteiger partial charge in [0.05, 0.1) is 6.33 Å². The molecule has 0 spiro atoms. The largest absolute Gasteiger partial charge is 0.341 e. The van der Waals surface area contributed by atoms with E-state index in [9.17, 15) is 0 Å². The number of hydrogen-bond donors (Lipinski definition) is 1. The molecule has 17 heavy (non-hydrogen) atoms. The lowest BCUT2D eigenvalue weighted by Gasteiger charge is -2.40. The maximum absolute atomic E-state index is 4.34. The Labute approximate surface area is 112 Å². The molecule has 0 aliphatic heterocycles. The number of imidazole rings is 1. The Balaban J connectivity index is 1.78. The van der Waals surface area contributed by atoms with Crippen molar-refractivity contribution in [3.63, 3.8) is 0 Å². The van der Waals surface area contributed by atoms with Crippen LogP contribution in [-0.4, -0.2) is 31.0 Å². The number of thioether (sulfide) groups is 1. The molecule has 2 aromatic heterocycles. The molecule has 0 amide bonds. The Hall–Kier alpha value is -0.620. The summed E-state index contributed by atoms with van der Waals surface area (Å²) in [5.74, 6) is 1.11. The van der Waals surface area contributed by atoms with Crippen LogP contribution in [0.15, 0.2) is 17.7 Å². The van der Waals surface area contributed by atoms with E-state index in [1.54, 1.807) is 12.7 Å². The van der Waals surface area contributed by atoms with Gasteiger partial charge in [0.15, 0.2) is 5.65 Å². The van der Waals surface area contributed by atoms with Gasteiger partial charge in [0.1, 0.15) is 16.9 Å². The van der Waals surface area contributed by atoms with Crippen LogP contribution < -0.4 is 0 Å². The van der Waals surface area contributed by atoms with Crippen molar-refractivity contribution in [2.24, 2.45) is 5.41 Å². The highest BCUT2D eigenvalue weighted by molar-refractivity contribution is 9.09. The first-order chi connectivity index (χ1) is 8.33. The number of halogens is 1. The minimum absolute atomic E-state index is 0.474. The molecule has 0 radical (unpaired) electrons. The SMILES string of the molecule is BrCC1(CSc2ncnc3nc[nH]c23)CCC1. The van der Waals surface area contributed by atoms with Crippen molar-refractivity contribution in [1.82, 2.24) is 19.9 Å². The molecule has 4 nitrogen and oxygen atoms in total. The van der Waals surface area contributed by atoms with Crippen LogP contribution in [-0.2, 0) is 0 Å². The van der Waals surface area contributed by atoms with Crippen LogP contribution in [0.3, 0.4) is 0 Å². The third-order valence-corrected chi connectivity index (χ3v) is 5.93. The van der Waals surface area contributed by atoms with Gasteiger partial charge in [-0.2, -0.15) is 0 Å². The number of alkyl halides is 1. The van der Waals surface area contributed by atoms with E-state index < -0.39 is 0 Å². The number of aromatic amines is 1. The van der Waals surface area contributed by atoms with E-state index in [1.165, 1.54) is 19.3 Å². The minimum Gasteiger partial charge on any atom is -0.341 e. The molecule has 0 bridgehead atoms. The quantitative estimate of drug-likeness (QED) is 0.535. The third-order valence-electron chi connectivity index (χ3n) is 3.40. The normalized spacial score (nSPS) is 18.2. The van der Waals surface area contributed by atoms with Crippen molar-refractivity contribution < 1.29 is 0 Å². The predicted molar refractivity (Wildman–Crippen MR) is 72.5 cm³/mol. The molecule has 1 fully saturated rings. The van der Waals surface area contributed by atoms with Gasteiger partial charge in [-0.25, -0.2) is 15.0 Å². The number of aromatic nitrogens is 4. The lowest BCUT2D eigenvalue weighted by molar-refractivity contribution is 0.206. The van der Waals surface area contributed by atoms with Crippen LogP contribution in [0, 0.1) is 5.41 Å². The summed E-state index contributed by atoms with van der Waals surface area (Å²) in [7, 11) is 0. The summed E-state index contributed by atoms with van der Waals surface area (Å²) < 4.78 is 0. The number of nitrogens with one attached hydrogen (secondary N) is 1. The van der Waals surface area contributed by atoms with Gasteiger partial charge >= 0.3 is 0 Å². The zero-order chi connectivity index (χ0) is 11.7. The number of hydrogen-bond acceptors (Lipinski definition) is 4. The van der Waals surface area contributed by atoms with Gasteiger partial charge in [0.2, 0.25) is 0 Å². The Bertz CT molecular complexity index is 517. The third kappa shape index (κ3) is 2.08. The molecule has 1 saturated carbocycles. The fourth-order valence-electron chi connectivity index (χ4n) is 2.07. The molecule has 2 aromatic rings. The molecular weight excluding hydrogens is 300 g/mol. The second-order valence-corrected chi connectivity index (χ2v) is 6.08. The van der Waals surface area contributed by atoms with E-state index in [-0.39, 0.29) is 0 Å². The summed E-state index contributed by atoms with van der Waals surface area (Å²) in [6.45, 7) is 0. The highest BCUT2D eigenvalue weighted by atomic mass is 79.9. The molecule has 2 heterocycles. The van der Waals surface area contributed by atoms with Crippen LogP contribution in [0.5, 0.6) is 0 Å². The number of nitrogens with zero attached hydrogens (tertiary/aromatic N) is 3. The Morgan fingerprint density at radius 1 is 1.35 bits per heavy atom. The second-order valence-electron chi connectivity index (χ2n) is 4.56. The smallest absolute Gasteiger partial charge is 0.181 e. The topological polar surface area (TPSA) is 54.5 Å². The van der Waals surface area contributed by atoms with E-state index in [1.807, 2.05) is 11.8 Å². The van der Waals surface area contributed by atoms with Gasteiger partial charge in [-0.05, 0) is 18.3 Å². The van der Waals surface area contributed by atoms with Crippen LogP contribution in [0.25, 0.3) is 11.2 Å². The average molecular weight is 313 g/mol. The Kier molecular flexibility index (Phi) is 3.08. The molecule has 1 aliphatic carbocycles. The van der Waals surface area contributed by atoms with Gasteiger partial charge in [-0.3, -0.25) is 0 Å². The van der Waals surface area contributed by atoms with Gasteiger partial charge < -0.3 is 4.98 Å². The zero-order valence-corrected chi connectivity index (χ0v) is 11.7. The van der Waals surface area contributed by atoms with Gasteiger partial charge in [0.25, 0.3) is 0 Å². The van der Waals surface area contributed by atoms with Crippen molar-refractivity contribution in [3.05, 3.63) is 12.7 Å². The highest BCUT2D eigenvalue weighted by Gasteiger charge is 2.36. The standard InChI is InChI=1S/C11H13BrN4S/c12-4-11(2-1-3-11)5-17-10-8-9(14-6-13-8)15-7-16-10/h6-7H,1-5H2,(H,13,14,15,16). The zero-order valence-electron chi connectivity index (χ0n) is 9.32. The Morgan fingerprint density at radius 3 is 2.94 bits per heavy atom. The molecule has 0 unspecified atom stereocenters. The lowest BCUT2D eigenvalue weighted by atomic mass is 9.72. The predicted octanol–water partition coefficient (Wildman–Crippen LogP) is 3.01. The summed E-state index contributed by atoms with van der Waals surface area (Å²) in [6, 6.07) is 0. The minimum atomic E-state index is 0.474. The van der Waals surface area contributed by atoms with E-state index in [2.05, 4.69) is 35.9 Å². The molecule has 0 atom stereocenters. The first kappa shape index (κ1) is 11.5. The lowest BCUT2D eigenvalue weighted by Crippen LogP contribution is -2.33.